The maximum atomic E-state index is 13.1. The quantitative estimate of drug-likeness (QED) is 0.606. The van der Waals surface area contributed by atoms with Gasteiger partial charge in [-0.1, -0.05) is 0 Å². The molecule has 0 aliphatic carbocycles. The summed E-state index contributed by atoms with van der Waals surface area (Å²) < 4.78 is 18.1. The Morgan fingerprint density at radius 2 is 2.38 bits per heavy atom. The highest BCUT2D eigenvalue weighted by molar-refractivity contribution is 6.17. The number of nitrogens with zero attached hydrogens (tertiary/aromatic N) is 1. The first-order chi connectivity index (χ1) is 7.75. The Morgan fingerprint density at radius 1 is 1.56 bits per heavy atom. The number of carbonyl (C=O) groups is 1. The first-order valence-electron chi connectivity index (χ1n) is 4.77. The molecule has 0 aromatic carbocycles. The third kappa shape index (κ3) is 4.12. The minimum Gasteiger partial charge on any atom is -0.378 e. The van der Waals surface area contributed by atoms with E-state index in [1.54, 1.807) is 0 Å². The van der Waals surface area contributed by atoms with Crippen molar-refractivity contribution in [1.82, 2.24) is 10.3 Å². The average molecular weight is 247 g/mol. The lowest BCUT2D eigenvalue weighted by molar-refractivity contribution is 0.0919. The summed E-state index contributed by atoms with van der Waals surface area (Å²) in [7, 11) is 0. The molecule has 1 amide bonds. The molecule has 1 aromatic heterocycles. The average Bonchev–Trinajstić information content (AvgIpc) is 2.29. The molecule has 0 atom stereocenters. The van der Waals surface area contributed by atoms with Crippen LogP contribution in [0, 0.1) is 5.82 Å². The molecule has 0 radical (unpaired) electrons. The molecule has 0 unspecified atom stereocenters. The number of aromatic nitrogens is 1. The summed E-state index contributed by atoms with van der Waals surface area (Å²) in [5.41, 5.74) is -0.0210. The van der Waals surface area contributed by atoms with Gasteiger partial charge in [0.25, 0.3) is 5.91 Å². The number of pyridine rings is 1. The van der Waals surface area contributed by atoms with Crippen molar-refractivity contribution in [3.05, 3.63) is 29.8 Å². The number of ether oxygens (including phenoxy) is 1. The zero-order valence-electron chi connectivity index (χ0n) is 8.58. The van der Waals surface area contributed by atoms with Gasteiger partial charge in [0.15, 0.2) is 5.82 Å². The van der Waals surface area contributed by atoms with Crippen molar-refractivity contribution in [2.75, 3.05) is 25.6 Å². The number of nitrogens with one attached hydrogen (secondary N) is 1. The molecule has 88 valence electrons. The summed E-state index contributed by atoms with van der Waals surface area (Å²) in [4.78, 5) is 15.0. The normalized spacial score (nSPS) is 10.1. The predicted molar refractivity (Wildman–Crippen MR) is 58.1 cm³/mol. The fourth-order valence-corrected chi connectivity index (χ4v) is 1.16. The van der Waals surface area contributed by atoms with Crippen LogP contribution in [-0.2, 0) is 4.74 Å². The van der Waals surface area contributed by atoms with E-state index >= 15 is 0 Å². The van der Waals surface area contributed by atoms with E-state index in [4.69, 9.17) is 16.3 Å². The van der Waals surface area contributed by atoms with Gasteiger partial charge in [-0.15, -0.1) is 11.6 Å². The second-order valence-corrected chi connectivity index (χ2v) is 3.29. The van der Waals surface area contributed by atoms with Crippen LogP contribution >= 0.6 is 11.6 Å². The van der Waals surface area contributed by atoms with Crippen LogP contribution in [0.15, 0.2) is 18.5 Å². The number of hydrogen-bond acceptors (Lipinski definition) is 3. The molecule has 0 bridgehead atoms. The van der Waals surface area contributed by atoms with Crippen LogP contribution in [-0.4, -0.2) is 36.5 Å². The molecular weight excluding hydrogens is 235 g/mol. The maximum Gasteiger partial charge on any atom is 0.254 e. The topological polar surface area (TPSA) is 51.2 Å². The lowest BCUT2D eigenvalue weighted by atomic mass is 10.2. The summed E-state index contributed by atoms with van der Waals surface area (Å²) in [6.45, 7) is 1.10. The molecule has 1 aromatic rings. The fraction of sp³-hybridized carbons (Fsp3) is 0.400. The van der Waals surface area contributed by atoms with E-state index in [0.29, 0.717) is 25.6 Å². The van der Waals surface area contributed by atoms with Crippen molar-refractivity contribution in [3.8, 4) is 0 Å². The number of amides is 1. The van der Waals surface area contributed by atoms with Crippen LogP contribution in [0.1, 0.15) is 10.4 Å². The van der Waals surface area contributed by atoms with Crippen LogP contribution in [0.5, 0.6) is 0 Å². The van der Waals surface area contributed by atoms with E-state index in [9.17, 15) is 9.18 Å². The SMILES string of the molecule is O=C(NCCOCCCl)c1ccncc1F. The molecule has 0 aliphatic rings. The molecular formula is C10H12ClFN2O2. The highest BCUT2D eigenvalue weighted by Gasteiger charge is 2.09. The first kappa shape index (κ1) is 12.9. The van der Waals surface area contributed by atoms with E-state index in [0.717, 1.165) is 6.20 Å². The van der Waals surface area contributed by atoms with E-state index in [1.807, 2.05) is 0 Å². The Balaban J connectivity index is 2.33. The maximum absolute atomic E-state index is 13.1. The van der Waals surface area contributed by atoms with Crippen LogP contribution in [0.2, 0.25) is 0 Å². The van der Waals surface area contributed by atoms with Crippen LogP contribution in [0.25, 0.3) is 0 Å². The molecule has 1 heterocycles. The second-order valence-electron chi connectivity index (χ2n) is 2.91. The van der Waals surface area contributed by atoms with Crippen molar-refractivity contribution in [2.45, 2.75) is 0 Å². The number of alkyl halides is 1. The van der Waals surface area contributed by atoms with E-state index in [-0.39, 0.29) is 5.56 Å². The smallest absolute Gasteiger partial charge is 0.254 e. The number of hydrogen-bond donors (Lipinski definition) is 1. The molecule has 0 fully saturated rings. The van der Waals surface area contributed by atoms with Gasteiger partial charge >= 0.3 is 0 Å². The van der Waals surface area contributed by atoms with Gasteiger partial charge in [-0.2, -0.15) is 0 Å². The summed E-state index contributed by atoms with van der Waals surface area (Å²) in [5, 5.41) is 2.52. The molecule has 6 heteroatoms. The van der Waals surface area contributed by atoms with Crippen molar-refractivity contribution < 1.29 is 13.9 Å². The predicted octanol–water partition coefficient (Wildman–Crippen LogP) is 1.21. The standard InChI is InChI=1S/C10H12ClFN2O2/c11-2-5-16-6-4-14-10(15)8-1-3-13-7-9(8)12/h1,3,7H,2,4-6H2,(H,14,15). The third-order valence-electron chi connectivity index (χ3n) is 1.77. The Labute approximate surface area is 97.8 Å². The minimum absolute atomic E-state index is 0.0210. The van der Waals surface area contributed by atoms with Crippen molar-refractivity contribution in [3.63, 3.8) is 0 Å². The summed E-state index contributed by atoms with van der Waals surface area (Å²) >= 11 is 5.39. The molecule has 4 nitrogen and oxygen atoms in total. The molecule has 0 saturated carbocycles. The van der Waals surface area contributed by atoms with Gasteiger partial charge in [-0.3, -0.25) is 9.78 Å². The van der Waals surface area contributed by atoms with Gasteiger partial charge in [-0.05, 0) is 6.07 Å². The van der Waals surface area contributed by atoms with Crippen molar-refractivity contribution >= 4 is 17.5 Å². The lowest BCUT2D eigenvalue weighted by Gasteiger charge is -2.05. The number of halogens is 2. The van der Waals surface area contributed by atoms with Crippen LogP contribution in [0.3, 0.4) is 0 Å². The molecule has 1 N–H and O–H groups in total. The Hall–Kier alpha value is -1.20. The lowest BCUT2D eigenvalue weighted by Crippen LogP contribution is -2.28. The zero-order chi connectivity index (χ0) is 11.8. The molecule has 0 saturated heterocycles. The number of rotatable bonds is 6. The van der Waals surface area contributed by atoms with Gasteiger partial charge in [0, 0.05) is 18.6 Å². The van der Waals surface area contributed by atoms with E-state index in [2.05, 4.69) is 10.3 Å². The largest absolute Gasteiger partial charge is 0.378 e. The highest BCUT2D eigenvalue weighted by Crippen LogP contribution is 2.03. The Bertz CT molecular complexity index is 349. The Kier molecular flexibility index (Phi) is 5.74. The van der Waals surface area contributed by atoms with Crippen molar-refractivity contribution in [1.29, 1.82) is 0 Å². The molecule has 16 heavy (non-hydrogen) atoms. The van der Waals surface area contributed by atoms with Crippen molar-refractivity contribution in [2.24, 2.45) is 0 Å². The van der Waals surface area contributed by atoms with Crippen LogP contribution in [0.4, 0.5) is 4.39 Å². The van der Waals surface area contributed by atoms with Gasteiger partial charge in [0.2, 0.25) is 0 Å². The Morgan fingerprint density at radius 3 is 3.06 bits per heavy atom. The van der Waals surface area contributed by atoms with E-state index in [1.165, 1.54) is 12.3 Å². The van der Waals surface area contributed by atoms with Gasteiger partial charge in [-0.25, -0.2) is 4.39 Å². The highest BCUT2D eigenvalue weighted by atomic mass is 35.5. The monoisotopic (exact) mass is 246 g/mol. The third-order valence-corrected chi connectivity index (χ3v) is 1.92. The van der Waals surface area contributed by atoms with Gasteiger partial charge in [0.05, 0.1) is 25.0 Å². The fourth-order valence-electron chi connectivity index (χ4n) is 1.05. The molecule has 0 aliphatic heterocycles. The molecule has 0 spiro atoms. The first-order valence-corrected chi connectivity index (χ1v) is 5.30. The van der Waals surface area contributed by atoms with Gasteiger partial charge in [0.1, 0.15) is 0 Å². The van der Waals surface area contributed by atoms with Gasteiger partial charge < -0.3 is 10.1 Å². The van der Waals surface area contributed by atoms with E-state index < -0.39 is 11.7 Å². The summed E-state index contributed by atoms with van der Waals surface area (Å²) in [6, 6.07) is 1.32. The van der Waals surface area contributed by atoms with Crippen LogP contribution < -0.4 is 5.32 Å². The summed E-state index contributed by atoms with van der Waals surface area (Å²) in [6.07, 6.45) is 2.36. The zero-order valence-corrected chi connectivity index (χ0v) is 9.34. The number of carbonyl (C=O) groups excluding carboxylic acids is 1. The molecule has 1 rings (SSSR count). The summed E-state index contributed by atoms with van der Waals surface area (Å²) in [5.74, 6) is -0.705. The minimum atomic E-state index is -0.637. The second kappa shape index (κ2) is 7.14.